The van der Waals surface area contributed by atoms with Gasteiger partial charge < -0.3 is 10.0 Å². The van der Waals surface area contributed by atoms with Crippen molar-refractivity contribution in [2.45, 2.75) is 38.5 Å². The summed E-state index contributed by atoms with van der Waals surface area (Å²) >= 11 is 0. The van der Waals surface area contributed by atoms with Gasteiger partial charge in [0, 0.05) is 13.1 Å². The van der Waals surface area contributed by atoms with Gasteiger partial charge in [-0.15, -0.1) is 0 Å². The van der Waals surface area contributed by atoms with Crippen molar-refractivity contribution in [2.75, 3.05) is 13.1 Å². The predicted octanol–water partition coefficient (Wildman–Crippen LogP) is 3.49. The van der Waals surface area contributed by atoms with Gasteiger partial charge in [-0.25, -0.2) is 0 Å². The molecule has 1 aliphatic heterocycles. The summed E-state index contributed by atoms with van der Waals surface area (Å²) in [7, 11) is 0. The van der Waals surface area contributed by atoms with Crippen LogP contribution in [0.2, 0.25) is 0 Å². The van der Waals surface area contributed by atoms with E-state index in [4.69, 9.17) is 0 Å². The molecule has 2 aromatic carbocycles. The van der Waals surface area contributed by atoms with Gasteiger partial charge in [-0.2, -0.15) is 0 Å². The van der Waals surface area contributed by atoms with Crippen molar-refractivity contribution < 1.29 is 14.7 Å². The fraction of sp³-hybridized carbons (Fsp3) is 0.364. The summed E-state index contributed by atoms with van der Waals surface area (Å²) in [5.74, 6) is -0.722. The second kappa shape index (κ2) is 7.32. The predicted molar refractivity (Wildman–Crippen MR) is 101 cm³/mol. The minimum absolute atomic E-state index is 0.0782. The summed E-state index contributed by atoms with van der Waals surface area (Å²) in [5, 5.41) is 9.87. The molecular formula is C22H25NO3. The number of carbonyl (C=O) groups is 2. The molecule has 1 saturated heterocycles. The van der Waals surface area contributed by atoms with Crippen LogP contribution in [0.1, 0.15) is 35.1 Å². The minimum Gasteiger partial charge on any atom is -0.481 e. The highest BCUT2D eigenvalue weighted by Gasteiger charge is 2.43. The van der Waals surface area contributed by atoms with Crippen molar-refractivity contribution in [3.05, 3.63) is 70.8 Å². The molecule has 4 nitrogen and oxygen atoms in total. The van der Waals surface area contributed by atoms with E-state index in [-0.39, 0.29) is 5.91 Å². The third kappa shape index (κ3) is 3.36. The largest absolute Gasteiger partial charge is 0.481 e. The van der Waals surface area contributed by atoms with E-state index in [0.29, 0.717) is 32.4 Å². The fourth-order valence-electron chi connectivity index (χ4n) is 3.91. The number of hydrogen-bond acceptors (Lipinski definition) is 2. The Kier molecular flexibility index (Phi) is 5.12. The zero-order valence-electron chi connectivity index (χ0n) is 15.4. The van der Waals surface area contributed by atoms with Crippen molar-refractivity contribution in [1.82, 2.24) is 4.90 Å². The van der Waals surface area contributed by atoms with E-state index in [2.05, 4.69) is 0 Å². The first kappa shape index (κ1) is 18.2. The van der Waals surface area contributed by atoms with Crippen LogP contribution in [0.15, 0.2) is 48.5 Å². The lowest BCUT2D eigenvalue weighted by Crippen LogP contribution is -2.49. The fourth-order valence-corrected chi connectivity index (χ4v) is 3.91. The molecule has 0 aromatic heterocycles. The number of carbonyl (C=O) groups excluding carboxylic acids is 1. The molecule has 1 aliphatic rings. The number of carboxylic acid groups (broad SMARTS) is 1. The Hall–Kier alpha value is -2.62. The topological polar surface area (TPSA) is 57.6 Å². The van der Waals surface area contributed by atoms with Crippen molar-refractivity contribution >= 4 is 11.9 Å². The number of aliphatic carboxylic acids is 1. The Morgan fingerprint density at radius 3 is 2.08 bits per heavy atom. The normalized spacial score (nSPS) is 16.3. The van der Waals surface area contributed by atoms with Crippen LogP contribution in [0.25, 0.3) is 0 Å². The lowest BCUT2D eigenvalue weighted by molar-refractivity contribution is -0.148. The third-order valence-corrected chi connectivity index (χ3v) is 5.68. The minimum atomic E-state index is -0.892. The summed E-state index contributed by atoms with van der Waals surface area (Å²) in [6.45, 7) is 5.00. The maximum atomic E-state index is 12.8. The van der Waals surface area contributed by atoms with Gasteiger partial charge in [0.1, 0.15) is 0 Å². The Morgan fingerprint density at radius 1 is 0.962 bits per heavy atom. The highest BCUT2D eigenvalue weighted by Crippen LogP contribution is 2.36. The molecule has 136 valence electrons. The number of hydrogen-bond donors (Lipinski definition) is 1. The summed E-state index contributed by atoms with van der Waals surface area (Å²) in [4.78, 5) is 26.6. The molecule has 1 fully saturated rings. The quantitative estimate of drug-likeness (QED) is 0.917. The second-order valence-corrected chi connectivity index (χ2v) is 7.18. The van der Waals surface area contributed by atoms with Crippen LogP contribution in [0.3, 0.4) is 0 Å². The van der Waals surface area contributed by atoms with Crippen molar-refractivity contribution in [3.63, 3.8) is 0 Å². The smallest absolute Gasteiger partial charge is 0.314 e. The Balaban J connectivity index is 1.73. The van der Waals surface area contributed by atoms with Gasteiger partial charge in [-0.05, 0) is 48.9 Å². The number of amides is 1. The van der Waals surface area contributed by atoms with Crippen LogP contribution in [-0.4, -0.2) is 35.0 Å². The lowest BCUT2D eigenvalue weighted by Gasteiger charge is -2.39. The van der Waals surface area contributed by atoms with Gasteiger partial charge in [0.15, 0.2) is 0 Å². The average molecular weight is 351 g/mol. The van der Waals surface area contributed by atoms with E-state index < -0.39 is 11.4 Å². The molecular weight excluding hydrogens is 326 g/mol. The molecule has 0 saturated carbocycles. The standard InChI is InChI=1S/C22H25NO3/c1-16-7-6-8-17(2)19(16)15-20(24)23-13-11-22(12-14-23,21(25)26)18-9-4-3-5-10-18/h3-10H,11-15H2,1-2H3,(H,25,26). The average Bonchev–Trinajstić information content (AvgIpc) is 2.65. The monoisotopic (exact) mass is 351 g/mol. The number of likely N-dealkylation sites (tertiary alicyclic amines) is 1. The molecule has 0 radical (unpaired) electrons. The van der Waals surface area contributed by atoms with Gasteiger partial charge in [0.25, 0.3) is 0 Å². The molecule has 0 unspecified atom stereocenters. The molecule has 0 bridgehead atoms. The van der Waals surface area contributed by atoms with Crippen LogP contribution in [-0.2, 0) is 21.4 Å². The van der Waals surface area contributed by atoms with Crippen LogP contribution in [0, 0.1) is 13.8 Å². The highest BCUT2D eigenvalue weighted by atomic mass is 16.4. The van der Waals surface area contributed by atoms with Gasteiger partial charge in [-0.1, -0.05) is 48.5 Å². The molecule has 0 spiro atoms. The van der Waals surface area contributed by atoms with E-state index in [0.717, 1.165) is 22.3 Å². The molecule has 26 heavy (non-hydrogen) atoms. The first-order valence-electron chi connectivity index (χ1n) is 9.06. The first-order chi connectivity index (χ1) is 12.4. The molecule has 1 amide bonds. The maximum absolute atomic E-state index is 12.8. The number of piperidine rings is 1. The Morgan fingerprint density at radius 2 is 1.54 bits per heavy atom. The van der Waals surface area contributed by atoms with E-state index in [1.54, 1.807) is 0 Å². The Labute approximate surface area is 154 Å². The van der Waals surface area contributed by atoms with Crippen LogP contribution < -0.4 is 0 Å². The number of aryl methyl sites for hydroxylation is 2. The number of nitrogens with zero attached hydrogens (tertiary/aromatic N) is 1. The van der Waals surface area contributed by atoms with Gasteiger partial charge >= 0.3 is 5.97 Å². The van der Waals surface area contributed by atoms with Crippen molar-refractivity contribution in [3.8, 4) is 0 Å². The molecule has 3 rings (SSSR count). The van der Waals surface area contributed by atoms with Gasteiger partial charge in [0.05, 0.1) is 11.8 Å². The zero-order valence-corrected chi connectivity index (χ0v) is 15.4. The van der Waals surface area contributed by atoms with E-state index >= 15 is 0 Å². The van der Waals surface area contributed by atoms with Crippen molar-refractivity contribution in [2.24, 2.45) is 0 Å². The SMILES string of the molecule is Cc1cccc(C)c1CC(=O)N1CCC(C(=O)O)(c2ccccc2)CC1. The summed E-state index contributed by atoms with van der Waals surface area (Å²) in [6.07, 6.45) is 1.28. The van der Waals surface area contributed by atoms with E-state index in [1.807, 2.05) is 67.3 Å². The summed E-state index contributed by atoms with van der Waals surface area (Å²) in [5.41, 5.74) is 3.26. The van der Waals surface area contributed by atoms with E-state index in [1.165, 1.54) is 0 Å². The number of benzene rings is 2. The molecule has 0 aliphatic carbocycles. The van der Waals surface area contributed by atoms with Crippen molar-refractivity contribution in [1.29, 1.82) is 0 Å². The zero-order chi connectivity index (χ0) is 18.7. The van der Waals surface area contributed by atoms with Gasteiger partial charge in [0.2, 0.25) is 5.91 Å². The molecule has 1 N–H and O–H groups in total. The number of rotatable bonds is 4. The van der Waals surface area contributed by atoms with Crippen LogP contribution in [0.5, 0.6) is 0 Å². The Bertz CT molecular complexity index is 785. The third-order valence-electron chi connectivity index (χ3n) is 5.68. The maximum Gasteiger partial charge on any atom is 0.314 e. The highest BCUT2D eigenvalue weighted by molar-refractivity contribution is 5.83. The number of carboxylic acids is 1. The molecule has 1 heterocycles. The lowest BCUT2D eigenvalue weighted by atomic mass is 9.72. The molecule has 2 aromatic rings. The summed E-state index contributed by atoms with van der Waals surface area (Å²) < 4.78 is 0. The second-order valence-electron chi connectivity index (χ2n) is 7.18. The summed E-state index contributed by atoms with van der Waals surface area (Å²) in [6, 6.07) is 15.4. The molecule has 0 atom stereocenters. The molecule has 4 heteroatoms. The van der Waals surface area contributed by atoms with Gasteiger partial charge in [-0.3, -0.25) is 9.59 Å². The van der Waals surface area contributed by atoms with Crippen LogP contribution in [0.4, 0.5) is 0 Å². The van der Waals surface area contributed by atoms with Crippen LogP contribution >= 0.6 is 0 Å². The first-order valence-corrected chi connectivity index (χ1v) is 9.06. The van der Waals surface area contributed by atoms with E-state index in [9.17, 15) is 14.7 Å².